The zero-order valence-electron chi connectivity index (χ0n) is 12.0. The van der Waals surface area contributed by atoms with Crippen molar-refractivity contribution in [2.75, 3.05) is 26.9 Å². The molecular formula is C14H20N2O5. The van der Waals surface area contributed by atoms with Gasteiger partial charge in [0.1, 0.15) is 12.4 Å². The van der Waals surface area contributed by atoms with Gasteiger partial charge in [0.05, 0.1) is 19.3 Å². The van der Waals surface area contributed by atoms with Gasteiger partial charge in [0.25, 0.3) is 5.91 Å². The largest absolute Gasteiger partial charge is 0.454 e. The van der Waals surface area contributed by atoms with E-state index in [4.69, 9.17) is 13.9 Å². The zero-order chi connectivity index (χ0) is 15.1. The highest BCUT2D eigenvalue weighted by atomic mass is 16.5. The van der Waals surface area contributed by atoms with E-state index in [9.17, 15) is 9.59 Å². The number of ether oxygens (including phenoxy) is 2. The first-order chi connectivity index (χ1) is 10.2. The standard InChI is InChI=1S/C14H20N2O5/c1-15-14(18)12-5-4-10(21-12)7-16-13(17)9-19-8-11-3-2-6-20-11/h4-5,11H,2-3,6-9H2,1H3,(H,15,18)(H,16,17)/t11-/m0/s1. The molecule has 0 bridgehead atoms. The molecule has 1 atom stereocenters. The van der Waals surface area contributed by atoms with Gasteiger partial charge < -0.3 is 24.5 Å². The molecule has 1 aliphatic rings. The lowest BCUT2D eigenvalue weighted by atomic mass is 10.2. The smallest absolute Gasteiger partial charge is 0.286 e. The van der Waals surface area contributed by atoms with Gasteiger partial charge in [-0.2, -0.15) is 0 Å². The van der Waals surface area contributed by atoms with Crippen LogP contribution in [0, 0.1) is 0 Å². The molecule has 116 valence electrons. The van der Waals surface area contributed by atoms with Crippen LogP contribution in [-0.2, 0) is 20.8 Å². The minimum Gasteiger partial charge on any atom is -0.454 e. The highest BCUT2D eigenvalue weighted by Gasteiger charge is 2.16. The number of hydrogen-bond donors (Lipinski definition) is 2. The molecule has 1 aromatic heterocycles. The van der Waals surface area contributed by atoms with Gasteiger partial charge >= 0.3 is 0 Å². The molecule has 0 unspecified atom stereocenters. The third kappa shape index (κ3) is 4.87. The summed E-state index contributed by atoms with van der Waals surface area (Å²) in [5, 5.41) is 5.13. The van der Waals surface area contributed by atoms with Crippen LogP contribution in [0.4, 0.5) is 0 Å². The number of carbonyl (C=O) groups excluding carboxylic acids is 2. The van der Waals surface area contributed by atoms with Gasteiger partial charge in [0, 0.05) is 13.7 Å². The molecule has 1 fully saturated rings. The second-order valence-electron chi connectivity index (χ2n) is 4.77. The van der Waals surface area contributed by atoms with Gasteiger partial charge in [-0.05, 0) is 25.0 Å². The van der Waals surface area contributed by atoms with Crippen molar-refractivity contribution >= 4 is 11.8 Å². The molecule has 1 aliphatic heterocycles. The highest BCUT2D eigenvalue weighted by Crippen LogP contribution is 2.11. The van der Waals surface area contributed by atoms with E-state index < -0.39 is 0 Å². The third-order valence-electron chi connectivity index (χ3n) is 3.13. The molecule has 0 aliphatic carbocycles. The second kappa shape index (κ2) is 7.80. The van der Waals surface area contributed by atoms with E-state index in [1.165, 1.54) is 7.05 Å². The fourth-order valence-corrected chi connectivity index (χ4v) is 2.01. The Morgan fingerprint density at radius 1 is 1.43 bits per heavy atom. The Morgan fingerprint density at radius 3 is 3.00 bits per heavy atom. The van der Waals surface area contributed by atoms with Crippen LogP contribution < -0.4 is 10.6 Å². The maximum Gasteiger partial charge on any atom is 0.286 e. The zero-order valence-corrected chi connectivity index (χ0v) is 12.0. The topological polar surface area (TPSA) is 89.8 Å². The summed E-state index contributed by atoms with van der Waals surface area (Å²) in [6, 6.07) is 3.21. The molecule has 1 aromatic rings. The van der Waals surface area contributed by atoms with Crippen molar-refractivity contribution in [2.45, 2.75) is 25.5 Å². The summed E-state index contributed by atoms with van der Waals surface area (Å²) in [5.74, 6) is 0.204. The van der Waals surface area contributed by atoms with Crippen molar-refractivity contribution in [3.05, 3.63) is 23.7 Å². The molecule has 1 saturated heterocycles. The Kier molecular flexibility index (Phi) is 5.77. The summed E-state index contributed by atoms with van der Waals surface area (Å²) in [6.07, 6.45) is 2.14. The average molecular weight is 296 g/mol. The lowest BCUT2D eigenvalue weighted by Gasteiger charge is -2.09. The van der Waals surface area contributed by atoms with Gasteiger partial charge in [0.15, 0.2) is 5.76 Å². The Balaban J connectivity index is 1.64. The number of nitrogens with one attached hydrogen (secondary N) is 2. The maximum absolute atomic E-state index is 11.6. The van der Waals surface area contributed by atoms with Crippen LogP contribution in [0.3, 0.4) is 0 Å². The van der Waals surface area contributed by atoms with E-state index >= 15 is 0 Å². The fourth-order valence-electron chi connectivity index (χ4n) is 2.01. The van der Waals surface area contributed by atoms with E-state index in [0.29, 0.717) is 12.4 Å². The van der Waals surface area contributed by atoms with Gasteiger partial charge in [-0.25, -0.2) is 0 Å². The van der Waals surface area contributed by atoms with Crippen LogP contribution in [0.15, 0.2) is 16.5 Å². The van der Waals surface area contributed by atoms with Crippen LogP contribution in [0.2, 0.25) is 0 Å². The number of rotatable bonds is 7. The highest BCUT2D eigenvalue weighted by molar-refractivity contribution is 5.91. The number of amides is 2. The van der Waals surface area contributed by atoms with Crippen LogP contribution in [0.5, 0.6) is 0 Å². The minimum atomic E-state index is -0.299. The van der Waals surface area contributed by atoms with Crippen LogP contribution >= 0.6 is 0 Å². The number of furan rings is 1. The van der Waals surface area contributed by atoms with Gasteiger partial charge in [0.2, 0.25) is 5.91 Å². The monoisotopic (exact) mass is 296 g/mol. The molecule has 2 heterocycles. The molecule has 0 aromatic carbocycles. The minimum absolute atomic E-state index is 0.0110. The van der Waals surface area contributed by atoms with Gasteiger partial charge in [-0.3, -0.25) is 9.59 Å². The van der Waals surface area contributed by atoms with E-state index in [1.807, 2.05) is 0 Å². The molecule has 0 saturated carbocycles. The third-order valence-corrected chi connectivity index (χ3v) is 3.13. The summed E-state index contributed by atoms with van der Waals surface area (Å²) in [4.78, 5) is 22.9. The second-order valence-corrected chi connectivity index (χ2v) is 4.77. The van der Waals surface area contributed by atoms with Crippen molar-refractivity contribution in [3.8, 4) is 0 Å². The summed E-state index contributed by atoms with van der Waals surface area (Å²) >= 11 is 0. The van der Waals surface area contributed by atoms with Crippen molar-refractivity contribution in [1.29, 1.82) is 0 Å². The molecule has 7 nitrogen and oxygen atoms in total. The van der Waals surface area contributed by atoms with E-state index in [-0.39, 0.29) is 36.8 Å². The van der Waals surface area contributed by atoms with Gasteiger partial charge in [-0.1, -0.05) is 0 Å². The first kappa shape index (κ1) is 15.5. The Bertz CT molecular complexity index is 479. The first-order valence-corrected chi connectivity index (χ1v) is 6.96. The fraction of sp³-hybridized carbons (Fsp3) is 0.571. The van der Waals surface area contributed by atoms with Crippen LogP contribution in [-0.4, -0.2) is 44.8 Å². The molecule has 7 heteroatoms. The lowest BCUT2D eigenvalue weighted by Crippen LogP contribution is -2.28. The van der Waals surface area contributed by atoms with Crippen LogP contribution in [0.1, 0.15) is 29.2 Å². The maximum atomic E-state index is 11.6. The van der Waals surface area contributed by atoms with E-state index in [1.54, 1.807) is 12.1 Å². The normalized spacial score (nSPS) is 17.7. The predicted molar refractivity (Wildman–Crippen MR) is 73.7 cm³/mol. The summed E-state index contributed by atoms with van der Waals surface area (Å²) in [5.41, 5.74) is 0. The molecule has 0 spiro atoms. The molecular weight excluding hydrogens is 276 g/mol. The van der Waals surface area contributed by atoms with Gasteiger partial charge in [-0.15, -0.1) is 0 Å². The quantitative estimate of drug-likeness (QED) is 0.762. The van der Waals surface area contributed by atoms with E-state index in [2.05, 4.69) is 10.6 Å². The Morgan fingerprint density at radius 2 is 2.29 bits per heavy atom. The summed E-state index contributed by atoms with van der Waals surface area (Å²) in [7, 11) is 1.53. The van der Waals surface area contributed by atoms with E-state index in [0.717, 1.165) is 19.4 Å². The van der Waals surface area contributed by atoms with Crippen molar-refractivity contribution in [3.63, 3.8) is 0 Å². The predicted octanol–water partition coefficient (Wildman–Crippen LogP) is 0.451. The molecule has 2 rings (SSSR count). The SMILES string of the molecule is CNC(=O)c1ccc(CNC(=O)COC[C@@H]2CCCO2)o1. The number of hydrogen-bond acceptors (Lipinski definition) is 5. The summed E-state index contributed by atoms with van der Waals surface area (Å²) in [6.45, 7) is 1.42. The Labute approximate surface area is 123 Å². The van der Waals surface area contributed by atoms with Crippen molar-refractivity contribution < 1.29 is 23.5 Å². The van der Waals surface area contributed by atoms with Crippen molar-refractivity contribution in [2.24, 2.45) is 0 Å². The molecule has 0 radical (unpaired) electrons. The number of carbonyl (C=O) groups is 2. The van der Waals surface area contributed by atoms with Crippen molar-refractivity contribution in [1.82, 2.24) is 10.6 Å². The molecule has 2 amide bonds. The molecule has 2 N–H and O–H groups in total. The Hall–Kier alpha value is -1.86. The summed E-state index contributed by atoms with van der Waals surface area (Å²) < 4.78 is 16.0. The first-order valence-electron chi connectivity index (χ1n) is 6.96. The average Bonchev–Trinajstić information content (AvgIpc) is 3.15. The molecule has 21 heavy (non-hydrogen) atoms. The lowest BCUT2D eigenvalue weighted by molar-refractivity contribution is -0.127. The van der Waals surface area contributed by atoms with Crippen LogP contribution in [0.25, 0.3) is 0 Å².